The van der Waals surface area contributed by atoms with Crippen LogP contribution in [0.2, 0.25) is 0 Å². The third kappa shape index (κ3) is 7.12. The zero-order chi connectivity index (χ0) is 16.8. The van der Waals surface area contributed by atoms with Gasteiger partial charge in [0.15, 0.2) is 0 Å². The number of hydrogen-bond acceptors (Lipinski definition) is 4. The summed E-state index contributed by atoms with van der Waals surface area (Å²) in [6, 6.07) is 8.30. The number of β-amino-alcohol motifs (C(OH)–C–C–N with tert-alkyl or cyclic N) is 1. The molecule has 1 aliphatic heterocycles. The van der Waals surface area contributed by atoms with Crippen LogP contribution in [0, 0.1) is 5.92 Å². The summed E-state index contributed by atoms with van der Waals surface area (Å²) in [6.45, 7) is 10.3. The summed E-state index contributed by atoms with van der Waals surface area (Å²) in [7, 11) is 0. The van der Waals surface area contributed by atoms with Crippen molar-refractivity contribution in [3.63, 3.8) is 0 Å². The molecule has 0 aliphatic carbocycles. The van der Waals surface area contributed by atoms with E-state index in [4.69, 9.17) is 0 Å². The minimum Gasteiger partial charge on any atom is -0.391 e. The van der Waals surface area contributed by atoms with E-state index in [0.29, 0.717) is 24.7 Å². The predicted molar refractivity (Wildman–Crippen MR) is 107 cm³/mol. The molecule has 1 amide bonds. The molecule has 1 aromatic rings. The lowest BCUT2D eigenvalue weighted by Gasteiger charge is -2.24. The third-order valence-corrected chi connectivity index (χ3v) is 4.57. The lowest BCUT2D eigenvalue weighted by atomic mass is 10.1. The van der Waals surface area contributed by atoms with E-state index in [2.05, 4.69) is 36.3 Å². The molecule has 1 aromatic carbocycles. The summed E-state index contributed by atoms with van der Waals surface area (Å²) in [6.07, 6.45) is -0.367. The number of nitrogens with one attached hydrogen (secondary N) is 2. The first-order valence-corrected chi connectivity index (χ1v) is 8.51. The molecule has 5 nitrogen and oxygen atoms in total. The van der Waals surface area contributed by atoms with E-state index >= 15 is 0 Å². The van der Waals surface area contributed by atoms with Crippen molar-refractivity contribution in [1.29, 1.82) is 0 Å². The monoisotopic (exact) mass is 391 g/mol. The van der Waals surface area contributed by atoms with Crippen molar-refractivity contribution in [3.8, 4) is 0 Å². The minimum atomic E-state index is -0.367. The fourth-order valence-corrected chi connectivity index (χ4v) is 2.91. The van der Waals surface area contributed by atoms with Crippen LogP contribution in [-0.4, -0.2) is 54.2 Å². The van der Waals surface area contributed by atoms with Crippen LogP contribution < -0.4 is 10.6 Å². The number of nitrogens with zero attached hydrogens (tertiary/aromatic N) is 1. The molecule has 7 heteroatoms. The van der Waals surface area contributed by atoms with Crippen molar-refractivity contribution in [2.45, 2.75) is 39.5 Å². The highest BCUT2D eigenvalue weighted by molar-refractivity contribution is 5.94. The maximum atomic E-state index is 12.2. The molecule has 25 heavy (non-hydrogen) atoms. The Hall–Kier alpha value is -0.850. The molecule has 0 spiro atoms. The van der Waals surface area contributed by atoms with Gasteiger partial charge in [0.25, 0.3) is 5.91 Å². The zero-order valence-electron chi connectivity index (χ0n) is 15.2. The Morgan fingerprint density at radius 2 is 1.92 bits per heavy atom. The Morgan fingerprint density at radius 1 is 1.28 bits per heavy atom. The van der Waals surface area contributed by atoms with Crippen LogP contribution in [0.3, 0.4) is 0 Å². The maximum absolute atomic E-state index is 12.2. The van der Waals surface area contributed by atoms with Gasteiger partial charge in [0.1, 0.15) is 0 Å². The van der Waals surface area contributed by atoms with Crippen molar-refractivity contribution in [3.05, 3.63) is 35.4 Å². The Labute approximate surface area is 163 Å². The van der Waals surface area contributed by atoms with Gasteiger partial charge in [0.05, 0.1) is 6.10 Å². The number of rotatable bonds is 7. The van der Waals surface area contributed by atoms with E-state index < -0.39 is 0 Å². The highest BCUT2D eigenvalue weighted by Gasteiger charge is 2.25. The molecule has 0 saturated carbocycles. The van der Waals surface area contributed by atoms with Gasteiger partial charge in [-0.2, -0.15) is 0 Å². The minimum absolute atomic E-state index is 0. The van der Waals surface area contributed by atoms with Crippen molar-refractivity contribution < 1.29 is 9.90 Å². The summed E-state index contributed by atoms with van der Waals surface area (Å²) in [5.74, 6) is 0.0224. The Kier molecular flexibility index (Phi) is 11.3. The van der Waals surface area contributed by atoms with Gasteiger partial charge in [-0.15, -0.1) is 24.8 Å². The molecule has 1 saturated heterocycles. The molecule has 0 aromatic heterocycles. The SMILES string of the molecule is CCN(Cc1ccc(C(=O)NCC2CNCC2O)cc1)C(C)C.Cl.Cl. The average Bonchev–Trinajstić information content (AvgIpc) is 2.95. The van der Waals surface area contributed by atoms with Crippen LogP contribution in [0.25, 0.3) is 0 Å². The number of halogens is 2. The highest BCUT2D eigenvalue weighted by atomic mass is 35.5. The molecule has 2 unspecified atom stereocenters. The lowest BCUT2D eigenvalue weighted by Crippen LogP contribution is -2.34. The van der Waals surface area contributed by atoms with Gasteiger partial charge in [-0.25, -0.2) is 0 Å². The molecule has 1 fully saturated rings. The summed E-state index contributed by atoms with van der Waals surface area (Å²) in [4.78, 5) is 14.6. The van der Waals surface area contributed by atoms with Crippen LogP contribution in [0.4, 0.5) is 0 Å². The maximum Gasteiger partial charge on any atom is 0.251 e. The van der Waals surface area contributed by atoms with Crippen LogP contribution in [0.1, 0.15) is 36.7 Å². The molecule has 2 atom stereocenters. The first-order chi connectivity index (χ1) is 11.0. The molecule has 0 bridgehead atoms. The Bertz CT molecular complexity index is 512. The standard InChI is InChI=1S/C18H29N3O2.2ClH/c1-4-21(13(2)3)12-14-5-7-15(8-6-14)18(23)20-10-16-9-19-11-17(16)22;;/h5-8,13,16-17,19,22H,4,9-12H2,1-3H3,(H,20,23);2*1H. The van der Waals surface area contributed by atoms with Gasteiger partial charge in [-0.05, 0) is 38.1 Å². The molecular formula is C18H31Cl2N3O2. The van der Waals surface area contributed by atoms with Gasteiger partial charge in [0.2, 0.25) is 0 Å². The second-order valence-corrected chi connectivity index (χ2v) is 6.55. The number of carbonyl (C=O) groups is 1. The first kappa shape index (κ1) is 24.1. The van der Waals surface area contributed by atoms with Crippen LogP contribution >= 0.6 is 24.8 Å². The fraction of sp³-hybridized carbons (Fsp3) is 0.611. The number of aliphatic hydroxyl groups is 1. The topological polar surface area (TPSA) is 64.6 Å². The smallest absolute Gasteiger partial charge is 0.251 e. The van der Waals surface area contributed by atoms with Gasteiger partial charge >= 0.3 is 0 Å². The zero-order valence-corrected chi connectivity index (χ0v) is 16.8. The molecule has 1 aliphatic rings. The van der Waals surface area contributed by atoms with Gasteiger partial charge in [-0.3, -0.25) is 9.69 Å². The summed E-state index contributed by atoms with van der Waals surface area (Å²) >= 11 is 0. The Balaban J connectivity index is 0.00000288. The molecule has 3 N–H and O–H groups in total. The van der Waals surface area contributed by atoms with Crippen molar-refractivity contribution in [2.24, 2.45) is 5.92 Å². The van der Waals surface area contributed by atoms with Gasteiger partial charge in [0, 0.05) is 43.7 Å². The Morgan fingerprint density at radius 3 is 2.40 bits per heavy atom. The van der Waals surface area contributed by atoms with Gasteiger partial charge in [-0.1, -0.05) is 19.1 Å². The average molecular weight is 392 g/mol. The van der Waals surface area contributed by atoms with E-state index in [1.54, 1.807) is 0 Å². The second-order valence-electron chi connectivity index (χ2n) is 6.55. The lowest BCUT2D eigenvalue weighted by molar-refractivity contribution is 0.0927. The molecule has 144 valence electrons. The van der Waals surface area contributed by atoms with Crippen LogP contribution in [0.15, 0.2) is 24.3 Å². The number of hydrogen-bond donors (Lipinski definition) is 3. The van der Waals surface area contributed by atoms with Crippen molar-refractivity contribution >= 4 is 30.7 Å². The van der Waals surface area contributed by atoms with Crippen molar-refractivity contribution in [2.75, 3.05) is 26.2 Å². The predicted octanol–water partition coefficient (Wildman–Crippen LogP) is 2.07. The molecule has 2 rings (SSSR count). The van der Waals surface area contributed by atoms with E-state index in [0.717, 1.165) is 19.6 Å². The third-order valence-electron chi connectivity index (χ3n) is 4.57. The van der Waals surface area contributed by atoms with Gasteiger partial charge < -0.3 is 15.7 Å². The second kappa shape index (κ2) is 11.7. The normalized spacial score (nSPS) is 19.4. The molecular weight excluding hydrogens is 361 g/mol. The number of amides is 1. The molecule has 0 radical (unpaired) electrons. The number of carbonyl (C=O) groups excluding carboxylic acids is 1. The largest absolute Gasteiger partial charge is 0.391 e. The van der Waals surface area contributed by atoms with E-state index in [1.807, 2.05) is 24.3 Å². The quantitative estimate of drug-likeness (QED) is 0.665. The van der Waals surface area contributed by atoms with E-state index in [9.17, 15) is 9.90 Å². The summed E-state index contributed by atoms with van der Waals surface area (Å²) in [5, 5.41) is 15.8. The van der Waals surface area contributed by atoms with Crippen LogP contribution in [-0.2, 0) is 6.54 Å². The highest BCUT2D eigenvalue weighted by Crippen LogP contribution is 2.11. The number of benzene rings is 1. The fourth-order valence-electron chi connectivity index (χ4n) is 2.91. The summed E-state index contributed by atoms with van der Waals surface area (Å²) < 4.78 is 0. The summed E-state index contributed by atoms with van der Waals surface area (Å²) in [5.41, 5.74) is 1.88. The van der Waals surface area contributed by atoms with Crippen LogP contribution in [0.5, 0.6) is 0 Å². The molecule has 1 heterocycles. The van der Waals surface area contributed by atoms with E-state index in [1.165, 1.54) is 5.56 Å². The number of aliphatic hydroxyl groups excluding tert-OH is 1. The van der Waals surface area contributed by atoms with E-state index in [-0.39, 0.29) is 42.7 Å². The first-order valence-electron chi connectivity index (χ1n) is 8.51. The van der Waals surface area contributed by atoms with Crippen molar-refractivity contribution in [1.82, 2.24) is 15.5 Å².